The zero-order valence-electron chi connectivity index (χ0n) is 17.8. The van der Waals surface area contributed by atoms with Crippen LogP contribution in [-0.4, -0.2) is 60.5 Å². The normalized spacial score (nSPS) is 14.0. The summed E-state index contributed by atoms with van der Waals surface area (Å²) in [6, 6.07) is 8.10. The van der Waals surface area contributed by atoms with E-state index in [-0.39, 0.29) is 0 Å². The average molecular weight is 450 g/mol. The molecule has 1 heterocycles. The molecule has 1 aromatic heterocycles. The van der Waals surface area contributed by atoms with Gasteiger partial charge in [-0.2, -0.15) is 15.0 Å². The fourth-order valence-electron chi connectivity index (χ4n) is 3.28. The molecule has 31 heavy (non-hydrogen) atoms. The fraction of sp³-hybridized carbons (Fsp3) is 0.571. The molecular weight excluding hydrogens is 418 g/mol. The van der Waals surface area contributed by atoms with E-state index in [0.29, 0.717) is 75.0 Å². The van der Waals surface area contributed by atoms with E-state index in [1.807, 2.05) is 24.3 Å². The largest absolute Gasteiger partial charge is 0.378 e. The molecule has 0 atom stereocenters. The van der Waals surface area contributed by atoms with Gasteiger partial charge >= 0.3 is 0 Å². The van der Waals surface area contributed by atoms with Crippen LogP contribution < -0.4 is 21.7 Å². The minimum Gasteiger partial charge on any atom is -0.378 e. The van der Waals surface area contributed by atoms with Gasteiger partial charge in [0, 0.05) is 30.7 Å². The molecule has 1 fully saturated rings. The zero-order valence-corrected chi connectivity index (χ0v) is 18.5. The first-order chi connectivity index (χ1) is 15.2. The number of rotatable bonds is 14. The second-order valence-electron chi connectivity index (χ2n) is 7.35. The van der Waals surface area contributed by atoms with Crippen LogP contribution in [0.3, 0.4) is 0 Å². The number of anilines is 3. The second-order valence-corrected chi connectivity index (χ2v) is 7.79. The lowest BCUT2D eigenvalue weighted by Gasteiger charge is -2.14. The van der Waals surface area contributed by atoms with Gasteiger partial charge in [-0.25, -0.2) is 0 Å². The molecule has 0 unspecified atom stereocenters. The molecule has 0 saturated heterocycles. The number of nitrogens with two attached hydrogens (primary N) is 1. The molecular formula is C21H32ClN7O2. The Morgan fingerprint density at radius 1 is 0.871 bits per heavy atom. The van der Waals surface area contributed by atoms with Crippen molar-refractivity contribution in [3.63, 3.8) is 0 Å². The summed E-state index contributed by atoms with van der Waals surface area (Å²) in [6.07, 6.45) is 4.76. The highest BCUT2D eigenvalue weighted by Gasteiger charge is 2.17. The van der Waals surface area contributed by atoms with E-state index in [2.05, 4.69) is 30.9 Å². The van der Waals surface area contributed by atoms with Crippen molar-refractivity contribution < 1.29 is 9.47 Å². The molecule has 5 N–H and O–H groups in total. The Balaban J connectivity index is 1.53. The average Bonchev–Trinajstić information content (AvgIpc) is 3.28. The van der Waals surface area contributed by atoms with Crippen molar-refractivity contribution in [2.75, 3.05) is 55.5 Å². The molecule has 1 aliphatic carbocycles. The first-order valence-corrected chi connectivity index (χ1v) is 11.2. The Labute approximate surface area is 188 Å². The molecule has 1 saturated carbocycles. The molecule has 0 aliphatic heterocycles. The standard InChI is InChI=1S/C21H32ClN7O2/c22-17-7-5-16(6-8-17)15-25-20-27-19(24-10-12-31-14-13-30-11-9-23)28-21(29-20)26-18-3-1-2-4-18/h5-8,18H,1-4,9-15,23H2,(H3,24,25,26,27,28,29). The van der Waals surface area contributed by atoms with Crippen LogP contribution in [0.5, 0.6) is 0 Å². The van der Waals surface area contributed by atoms with Gasteiger partial charge in [0.2, 0.25) is 17.8 Å². The molecule has 3 rings (SSSR count). The minimum absolute atomic E-state index is 0.413. The molecule has 1 aliphatic rings. The fourth-order valence-corrected chi connectivity index (χ4v) is 3.40. The summed E-state index contributed by atoms with van der Waals surface area (Å²) in [5.74, 6) is 1.61. The lowest BCUT2D eigenvalue weighted by molar-refractivity contribution is 0.0547. The molecule has 0 bridgehead atoms. The first kappa shape index (κ1) is 23.5. The first-order valence-electron chi connectivity index (χ1n) is 10.8. The van der Waals surface area contributed by atoms with E-state index in [1.54, 1.807) is 0 Å². The molecule has 10 heteroatoms. The van der Waals surface area contributed by atoms with E-state index in [1.165, 1.54) is 12.8 Å². The van der Waals surface area contributed by atoms with Crippen molar-refractivity contribution >= 4 is 29.4 Å². The van der Waals surface area contributed by atoms with E-state index >= 15 is 0 Å². The van der Waals surface area contributed by atoms with E-state index < -0.39 is 0 Å². The van der Waals surface area contributed by atoms with Crippen LogP contribution in [-0.2, 0) is 16.0 Å². The summed E-state index contributed by atoms with van der Waals surface area (Å²) >= 11 is 5.96. The SMILES string of the molecule is NCCOCCOCCNc1nc(NCc2ccc(Cl)cc2)nc(NC2CCCC2)n1. The van der Waals surface area contributed by atoms with Crippen molar-refractivity contribution in [3.8, 4) is 0 Å². The predicted octanol–water partition coefficient (Wildman–Crippen LogP) is 2.90. The van der Waals surface area contributed by atoms with Crippen LogP contribution in [0, 0.1) is 0 Å². The van der Waals surface area contributed by atoms with Gasteiger partial charge in [-0.1, -0.05) is 36.6 Å². The van der Waals surface area contributed by atoms with Crippen molar-refractivity contribution in [1.82, 2.24) is 15.0 Å². The minimum atomic E-state index is 0.413. The van der Waals surface area contributed by atoms with E-state index in [9.17, 15) is 0 Å². The summed E-state index contributed by atoms with van der Waals surface area (Å²) < 4.78 is 10.8. The number of hydrogen-bond acceptors (Lipinski definition) is 9. The highest BCUT2D eigenvalue weighted by Crippen LogP contribution is 2.21. The number of benzene rings is 1. The maximum absolute atomic E-state index is 5.96. The van der Waals surface area contributed by atoms with Gasteiger partial charge in [-0.3, -0.25) is 0 Å². The third kappa shape index (κ3) is 8.82. The topological polar surface area (TPSA) is 119 Å². The molecule has 9 nitrogen and oxygen atoms in total. The number of halogens is 1. The van der Waals surface area contributed by atoms with Gasteiger partial charge in [0.25, 0.3) is 0 Å². The van der Waals surface area contributed by atoms with Crippen molar-refractivity contribution in [3.05, 3.63) is 34.9 Å². The second kappa shape index (κ2) is 13.3. The predicted molar refractivity (Wildman–Crippen MR) is 124 cm³/mol. The molecule has 2 aromatic rings. The van der Waals surface area contributed by atoms with Crippen LogP contribution in [0.1, 0.15) is 31.2 Å². The van der Waals surface area contributed by atoms with Crippen LogP contribution in [0.15, 0.2) is 24.3 Å². The van der Waals surface area contributed by atoms with Gasteiger partial charge < -0.3 is 31.2 Å². The van der Waals surface area contributed by atoms with Crippen molar-refractivity contribution in [1.29, 1.82) is 0 Å². The Kier molecular flexibility index (Phi) is 10.0. The van der Waals surface area contributed by atoms with Crippen molar-refractivity contribution in [2.24, 2.45) is 5.73 Å². The van der Waals surface area contributed by atoms with Gasteiger partial charge in [0.05, 0.1) is 26.4 Å². The van der Waals surface area contributed by atoms with E-state index in [4.69, 9.17) is 26.8 Å². The zero-order chi connectivity index (χ0) is 21.7. The van der Waals surface area contributed by atoms with Gasteiger partial charge in [-0.05, 0) is 30.5 Å². The Morgan fingerprint density at radius 2 is 1.52 bits per heavy atom. The number of nitrogens with zero attached hydrogens (tertiary/aromatic N) is 3. The lowest BCUT2D eigenvalue weighted by atomic mass is 10.2. The number of nitrogens with one attached hydrogen (secondary N) is 3. The molecule has 1 aromatic carbocycles. The summed E-state index contributed by atoms with van der Waals surface area (Å²) in [6.45, 7) is 3.84. The van der Waals surface area contributed by atoms with Crippen LogP contribution >= 0.6 is 11.6 Å². The maximum atomic E-state index is 5.96. The third-order valence-electron chi connectivity index (χ3n) is 4.85. The number of aromatic nitrogens is 3. The van der Waals surface area contributed by atoms with Gasteiger partial charge in [-0.15, -0.1) is 0 Å². The summed E-state index contributed by atoms with van der Waals surface area (Å²) in [5.41, 5.74) is 6.47. The molecule has 170 valence electrons. The van der Waals surface area contributed by atoms with E-state index in [0.717, 1.165) is 18.4 Å². The Morgan fingerprint density at radius 3 is 2.23 bits per heavy atom. The summed E-state index contributed by atoms with van der Waals surface area (Å²) in [5, 5.41) is 10.6. The number of hydrogen-bond donors (Lipinski definition) is 4. The smallest absolute Gasteiger partial charge is 0.229 e. The highest BCUT2D eigenvalue weighted by molar-refractivity contribution is 6.30. The van der Waals surface area contributed by atoms with Crippen LogP contribution in [0.2, 0.25) is 5.02 Å². The van der Waals surface area contributed by atoms with Crippen LogP contribution in [0.4, 0.5) is 17.8 Å². The number of ether oxygens (including phenoxy) is 2. The monoisotopic (exact) mass is 449 g/mol. The molecule has 0 spiro atoms. The van der Waals surface area contributed by atoms with Gasteiger partial charge in [0.15, 0.2) is 0 Å². The quantitative estimate of drug-likeness (QED) is 0.322. The Bertz CT molecular complexity index is 773. The summed E-state index contributed by atoms with van der Waals surface area (Å²) in [7, 11) is 0. The third-order valence-corrected chi connectivity index (χ3v) is 5.10. The van der Waals surface area contributed by atoms with Gasteiger partial charge in [0.1, 0.15) is 0 Å². The lowest BCUT2D eigenvalue weighted by Crippen LogP contribution is -2.20. The van der Waals surface area contributed by atoms with Crippen molar-refractivity contribution in [2.45, 2.75) is 38.3 Å². The highest BCUT2D eigenvalue weighted by atomic mass is 35.5. The molecule has 0 radical (unpaired) electrons. The van der Waals surface area contributed by atoms with Crippen LogP contribution in [0.25, 0.3) is 0 Å². The Hall–Kier alpha value is -2.20. The molecule has 0 amide bonds. The maximum Gasteiger partial charge on any atom is 0.229 e. The summed E-state index contributed by atoms with van der Waals surface area (Å²) in [4.78, 5) is 13.6.